The van der Waals surface area contributed by atoms with Crippen molar-refractivity contribution in [2.45, 2.75) is 19.0 Å². The van der Waals surface area contributed by atoms with E-state index in [4.69, 9.17) is 5.11 Å². The van der Waals surface area contributed by atoms with Gasteiger partial charge in [-0.25, -0.2) is 8.78 Å². The quantitative estimate of drug-likeness (QED) is 0.671. The molecule has 6 heteroatoms. The van der Waals surface area contributed by atoms with Gasteiger partial charge in [0.25, 0.3) is 6.43 Å². The number of nitrogens with one attached hydrogen (secondary N) is 1. The molecule has 1 rings (SSSR count). The van der Waals surface area contributed by atoms with Gasteiger partial charge >= 0.3 is 0 Å². The Morgan fingerprint density at radius 1 is 1.60 bits per heavy atom. The van der Waals surface area contributed by atoms with Gasteiger partial charge in [-0.2, -0.15) is 5.10 Å². The lowest BCUT2D eigenvalue weighted by Gasteiger charge is -2.09. The van der Waals surface area contributed by atoms with Crippen LogP contribution in [0.1, 0.15) is 5.56 Å². The second-order valence-corrected chi connectivity index (χ2v) is 3.38. The third-order valence-corrected chi connectivity index (χ3v) is 1.99. The van der Waals surface area contributed by atoms with Crippen LogP contribution in [-0.2, 0) is 13.5 Å². The standard InChI is InChI=1S/C9H15F2N3O/c1-14-6-7(4-13-14)2-3-12-5-8(15)9(10)11/h4,6,8-9,12,15H,2-3,5H2,1H3. The van der Waals surface area contributed by atoms with Crippen LogP contribution in [-0.4, -0.2) is 40.5 Å². The smallest absolute Gasteiger partial charge is 0.265 e. The molecular weight excluding hydrogens is 204 g/mol. The van der Waals surface area contributed by atoms with Crippen LogP contribution in [0.5, 0.6) is 0 Å². The normalized spacial score (nSPS) is 13.4. The first-order valence-electron chi connectivity index (χ1n) is 4.74. The van der Waals surface area contributed by atoms with Crippen molar-refractivity contribution >= 4 is 0 Å². The van der Waals surface area contributed by atoms with Crippen molar-refractivity contribution in [2.24, 2.45) is 7.05 Å². The minimum absolute atomic E-state index is 0.0854. The Bertz CT molecular complexity index is 291. The van der Waals surface area contributed by atoms with Gasteiger partial charge in [0, 0.05) is 19.8 Å². The van der Waals surface area contributed by atoms with Gasteiger partial charge in [-0.3, -0.25) is 4.68 Å². The molecule has 1 heterocycles. The van der Waals surface area contributed by atoms with E-state index in [1.54, 1.807) is 10.9 Å². The Balaban J connectivity index is 2.12. The molecule has 0 radical (unpaired) electrons. The highest BCUT2D eigenvalue weighted by Crippen LogP contribution is 1.99. The lowest BCUT2D eigenvalue weighted by atomic mass is 10.2. The van der Waals surface area contributed by atoms with Gasteiger partial charge in [-0.05, 0) is 18.5 Å². The molecule has 0 fully saturated rings. The molecule has 0 bridgehead atoms. The predicted molar refractivity (Wildman–Crippen MR) is 51.8 cm³/mol. The Hall–Kier alpha value is -1.01. The van der Waals surface area contributed by atoms with Crippen LogP contribution in [0.3, 0.4) is 0 Å². The molecule has 0 saturated heterocycles. The fourth-order valence-electron chi connectivity index (χ4n) is 1.17. The SMILES string of the molecule is Cn1cc(CCNCC(O)C(F)F)cn1. The maximum absolute atomic E-state index is 11.9. The van der Waals surface area contributed by atoms with Gasteiger partial charge in [-0.15, -0.1) is 0 Å². The number of hydrogen-bond acceptors (Lipinski definition) is 3. The molecule has 0 spiro atoms. The molecule has 0 saturated carbocycles. The van der Waals surface area contributed by atoms with Crippen LogP contribution < -0.4 is 5.32 Å². The maximum atomic E-state index is 11.9. The van der Waals surface area contributed by atoms with Crippen molar-refractivity contribution in [3.8, 4) is 0 Å². The first-order valence-corrected chi connectivity index (χ1v) is 4.74. The molecule has 4 nitrogen and oxygen atoms in total. The van der Waals surface area contributed by atoms with Crippen LogP contribution in [0.15, 0.2) is 12.4 Å². The molecule has 86 valence electrons. The lowest BCUT2D eigenvalue weighted by molar-refractivity contribution is -0.00309. The number of halogens is 2. The van der Waals surface area contributed by atoms with E-state index in [2.05, 4.69) is 10.4 Å². The van der Waals surface area contributed by atoms with Crippen LogP contribution >= 0.6 is 0 Å². The molecule has 1 unspecified atom stereocenters. The number of aliphatic hydroxyl groups is 1. The number of hydrogen-bond donors (Lipinski definition) is 2. The van der Waals surface area contributed by atoms with Crippen molar-refractivity contribution in [1.29, 1.82) is 0 Å². The van der Waals surface area contributed by atoms with E-state index >= 15 is 0 Å². The van der Waals surface area contributed by atoms with Crippen molar-refractivity contribution in [2.75, 3.05) is 13.1 Å². The summed E-state index contributed by atoms with van der Waals surface area (Å²) in [6.07, 6.45) is 0.0371. The summed E-state index contributed by atoms with van der Waals surface area (Å²) in [5.41, 5.74) is 1.04. The van der Waals surface area contributed by atoms with Crippen molar-refractivity contribution in [3.63, 3.8) is 0 Å². The molecule has 1 aromatic rings. The Morgan fingerprint density at radius 2 is 2.33 bits per heavy atom. The van der Waals surface area contributed by atoms with Gasteiger partial charge in [0.15, 0.2) is 0 Å². The zero-order valence-electron chi connectivity index (χ0n) is 8.53. The third-order valence-electron chi connectivity index (χ3n) is 1.99. The first kappa shape index (κ1) is 12.1. The van der Waals surface area contributed by atoms with Crippen molar-refractivity contribution in [1.82, 2.24) is 15.1 Å². The van der Waals surface area contributed by atoms with E-state index in [0.717, 1.165) is 5.56 Å². The van der Waals surface area contributed by atoms with E-state index in [9.17, 15) is 8.78 Å². The molecule has 1 atom stereocenters. The Kier molecular flexibility index (Phi) is 4.64. The summed E-state index contributed by atoms with van der Waals surface area (Å²) >= 11 is 0. The van der Waals surface area contributed by atoms with Gasteiger partial charge in [0.05, 0.1) is 6.20 Å². The summed E-state index contributed by atoms with van der Waals surface area (Å²) < 4.78 is 25.4. The molecule has 0 aliphatic heterocycles. The highest BCUT2D eigenvalue weighted by Gasteiger charge is 2.15. The van der Waals surface area contributed by atoms with Gasteiger partial charge in [0.1, 0.15) is 6.10 Å². The summed E-state index contributed by atoms with van der Waals surface area (Å²) in [6.45, 7) is 0.466. The fourth-order valence-corrected chi connectivity index (χ4v) is 1.17. The second kappa shape index (κ2) is 5.77. The monoisotopic (exact) mass is 219 g/mol. The number of nitrogens with zero attached hydrogens (tertiary/aromatic N) is 2. The zero-order valence-corrected chi connectivity index (χ0v) is 8.53. The van der Waals surface area contributed by atoms with Crippen LogP contribution in [0.4, 0.5) is 8.78 Å². The molecule has 0 aliphatic carbocycles. The van der Waals surface area contributed by atoms with E-state index in [-0.39, 0.29) is 6.54 Å². The van der Waals surface area contributed by atoms with E-state index in [1.165, 1.54) is 0 Å². The second-order valence-electron chi connectivity index (χ2n) is 3.38. The summed E-state index contributed by atoms with van der Waals surface area (Å²) in [5, 5.41) is 15.5. The van der Waals surface area contributed by atoms with Crippen LogP contribution in [0.2, 0.25) is 0 Å². The van der Waals surface area contributed by atoms with Gasteiger partial charge in [-0.1, -0.05) is 0 Å². The third kappa shape index (κ3) is 4.35. The molecule has 0 aliphatic rings. The summed E-state index contributed by atoms with van der Waals surface area (Å²) in [4.78, 5) is 0. The first-order chi connectivity index (χ1) is 7.09. The lowest BCUT2D eigenvalue weighted by Crippen LogP contribution is -2.33. The highest BCUT2D eigenvalue weighted by atomic mass is 19.3. The van der Waals surface area contributed by atoms with Crippen molar-refractivity contribution < 1.29 is 13.9 Å². The summed E-state index contributed by atoms with van der Waals surface area (Å²) in [5.74, 6) is 0. The summed E-state index contributed by atoms with van der Waals surface area (Å²) in [6, 6.07) is 0. The van der Waals surface area contributed by atoms with E-state index < -0.39 is 12.5 Å². The Morgan fingerprint density at radius 3 is 2.87 bits per heavy atom. The number of aryl methyl sites for hydroxylation is 1. The van der Waals surface area contributed by atoms with E-state index in [0.29, 0.717) is 13.0 Å². The largest absolute Gasteiger partial charge is 0.386 e. The number of aromatic nitrogens is 2. The highest BCUT2D eigenvalue weighted by molar-refractivity contribution is 5.03. The number of rotatable bonds is 6. The number of aliphatic hydroxyl groups excluding tert-OH is 1. The maximum Gasteiger partial charge on any atom is 0.265 e. The topological polar surface area (TPSA) is 50.1 Å². The molecular formula is C9H15F2N3O. The minimum Gasteiger partial charge on any atom is -0.386 e. The van der Waals surface area contributed by atoms with Crippen molar-refractivity contribution in [3.05, 3.63) is 18.0 Å². The zero-order chi connectivity index (χ0) is 11.3. The van der Waals surface area contributed by atoms with Gasteiger partial charge < -0.3 is 10.4 Å². The van der Waals surface area contributed by atoms with E-state index in [1.807, 2.05) is 13.2 Å². The summed E-state index contributed by atoms with van der Waals surface area (Å²) in [7, 11) is 1.82. The molecule has 1 aromatic heterocycles. The molecule has 0 aromatic carbocycles. The average Bonchev–Trinajstić information content (AvgIpc) is 2.58. The molecule has 2 N–H and O–H groups in total. The Labute approximate surface area is 86.9 Å². The van der Waals surface area contributed by atoms with Crippen LogP contribution in [0.25, 0.3) is 0 Å². The fraction of sp³-hybridized carbons (Fsp3) is 0.667. The minimum atomic E-state index is -2.68. The van der Waals surface area contributed by atoms with Gasteiger partial charge in [0.2, 0.25) is 0 Å². The average molecular weight is 219 g/mol. The predicted octanol–water partition coefficient (Wildman–Crippen LogP) is 0.178. The number of alkyl halides is 2. The van der Waals surface area contributed by atoms with Crippen LogP contribution in [0, 0.1) is 0 Å². The molecule has 15 heavy (non-hydrogen) atoms. The molecule has 0 amide bonds.